The van der Waals surface area contributed by atoms with E-state index in [-0.39, 0.29) is 0 Å². The van der Waals surface area contributed by atoms with Crippen molar-refractivity contribution in [3.05, 3.63) is 23.8 Å². The number of aryl methyl sites for hydroxylation is 1. The first-order chi connectivity index (χ1) is 9.37. The fourth-order valence-corrected chi connectivity index (χ4v) is 3.68. The molecule has 1 aromatic carbocycles. The monoisotopic (exact) mass is 292 g/mol. The zero-order valence-electron chi connectivity index (χ0n) is 13.0. The predicted octanol–water partition coefficient (Wildman–Crippen LogP) is 4.32. The minimum Gasteiger partial charge on any atom is -0.495 e. The Kier molecular flexibility index (Phi) is 4.63. The van der Waals surface area contributed by atoms with Crippen molar-refractivity contribution in [1.29, 1.82) is 0 Å². The summed E-state index contributed by atoms with van der Waals surface area (Å²) in [6, 6.07) is 6.14. The second kappa shape index (κ2) is 6.08. The van der Waals surface area contributed by atoms with Gasteiger partial charge in [0.1, 0.15) is 5.75 Å². The maximum absolute atomic E-state index is 5.39. The van der Waals surface area contributed by atoms with Gasteiger partial charge in [0.15, 0.2) is 5.17 Å². The Labute approximate surface area is 126 Å². The molecule has 1 aromatic rings. The van der Waals surface area contributed by atoms with Crippen LogP contribution in [0, 0.1) is 12.3 Å². The number of aliphatic imine (C=N–C) groups is 1. The number of anilines is 1. The predicted molar refractivity (Wildman–Crippen MR) is 89.1 cm³/mol. The summed E-state index contributed by atoms with van der Waals surface area (Å²) in [5, 5.41) is 4.98. The van der Waals surface area contributed by atoms with Crippen LogP contribution in [0.15, 0.2) is 23.2 Å². The molecule has 0 aliphatic carbocycles. The summed E-state index contributed by atoms with van der Waals surface area (Å²) < 4.78 is 5.39. The highest BCUT2D eigenvalue weighted by Crippen LogP contribution is 2.34. The van der Waals surface area contributed by atoms with E-state index < -0.39 is 0 Å². The molecular weight excluding hydrogens is 268 g/mol. The van der Waals surface area contributed by atoms with Gasteiger partial charge in [0, 0.05) is 5.25 Å². The topological polar surface area (TPSA) is 33.6 Å². The molecule has 0 amide bonds. The number of rotatable bonds is 3. The Morgan fingerprint density at radius 3 is 2.80 bits per heavy atom. The molecule has 0 saturated carbocycles. The van der Waals surface area contributed by atoms with E-state index >= 15 is 0 Å². The molecule has 110 valence electrons. The van der Waals surface area contributed by atoms with Gasteiger partial charge in [0.25, 0.3) is 0 Å². The highest BCUT2D eigenvalue weighted by molar-refractivity contribution is 8.15. The van der Waals surface area contributed by atoms with Crippen molar-refractivity contribution in [1.82, 2.24) is 0 Å². The fourth-order valence-electron chi connectivity index (χ4n) is 2.31. The van der Waals surface area contributed by atoms with Crippen LogP contribution in [0.4, 0.5) is 5.69 Å². The van der Waals surface area contributed by atoms with Gasteiger partial charge in [-0.3, -0.25) is 4.99 Å². The van der Waals surface area contributed by atoms with E-state index in [0.717, 1.165) is 23.1 Å². The number of amidine groups is 1. The molecule has 20 heavy (non-hydrogen) atoms. The van der Waals surface area contributed by atoms with Crippen LogP contribution in [-0.2, 0) is 0 Å². The number of ether oxygens (including phenoxy) is 1. The van der Waals surface area contributed by atoms with Gasteiger partial charge in [-0.15, -0.1) is 0 Å². The second-order valence-corrected chi connectivity index (χ2v) is 7.77. The first-order valence-corrected chi connectivity index (χ1v) is 7.88. The average molecular weight is 292 g/mol. The molecule has 0 saturated heterocycles. The van der Waals surface area contributed by atoms with Crippen molar-refractivity contribution in [2.75, 3.05) is 19.0 Å². The summed E-state index contributed by atoms with van der Waals surface area (Å²) in [6.07, 6.45) is 1.18. The van der Waals surface area contributed by atoms with Crippen molar-refractivity contribution >= 4 is 22.6 Å². The summed E-state index contributed by atoms with van der Waals surface area (Å²) in [5.74, 6) is 0.859. The van der Waals surface area contributed by atoms with Gasteiger partial charge < -0.3 is 10.1 Å². The molecule has 0 radical (unpaired) electrons. The van der Waals surface area contributed by atoms with Crippen LogP contribution in [0.1, 0.15) is 32.8 Å². The molecule has 0 fully saturated rings. The van der Waals surface area contributed by atoms with Gasteiger partial charge in [-0.2, -0.15) is 0 Å². The Morgan fingerprint density at radius 1 is 1.40 bits per heavy atom. The number of hydrogen-bond acceptors (Lipinski definition) is 4. The van der Waals surface area contributed by atoms with Crippen LogP contribution < -0.4 is 10.1 Å². The summed E-state index contributed by atoms with van der Waals surface area (Å²) in [4.78, 5) is 4.61. The molecule has 2 rings (SSSR count). The van der Waals surface area contributed by atoms with E-state index in [0.29, 0.717) is 10.7 Å². The maximum Gasteiger partial charge on any atom is 0.161 e. The third-order valence-corrected chi connectivity index (χ3v) is 4.26. The number of hydrogen-bond donors (Lipinski definition) is 1. The first-order valence-electron chi connectivity index (χ1n) is 7.00. The van der Waals surface area contributed by atoms with Gasteiger partial charge in [0.05, 0.1) is 19.3 Å². The lowest BCUT2D eigenvalue weighted by Gasteiger charge is -2.21. The number of benzene rings is 1. The molecule has 1 atom stereocenters. The Balaban J connectivity index is 2.00. The Hall–Kier alpha value is -1.16. The molecule has 4 heteroatoms. The summed E-state index contributed by atoms with van der Waals surface area (Å²) in [6.45, 7) is 9.82. The third kappa shape index (κ3) is 4.17. The molecular formula is C16H24N2OS. The van der Waals surface area contributed by atoms with Gasteiger partial charge in [-0.05, 0) is 36.5 Å². The van der Waals surface area contributed by atoms with E-state index in [1.54, 1.807) is 7.11 Å². The molecule has 1 N–H and O–H groups in total. The number of methoxy groups -OCH3 is 1. The highest BCUT2D eigenvalue weighted by Gasteiger charge is 2.25. The van der Waals surface area contributed by atoms with Crippen molar-refractivity contribution in [2.45, 2.75) is 39.4 Å². The quantitative estimate of drug-likeness (QED) is 0.900. The number of nitrogens with one attached hydrogen (secondary N) is 1. The van der Waals surface area contributed by atoms with Crippen molar-refractivity contribution < 1.29 is 4.74 Å². The number of thioether (sulfide) groups is 1. The zero-order chi connectivity index (χ0) is 14.8. The van der Waals surface area contributed by atoms with Gasteiger partial charge >= 0.3 is 0 Å². The van der Waals surface area contributed by atoms with Crippen LogP contribution in [0.3, 0.4) is 0 Å². The summed E-state index contributed by atoms with van der Waals surface area (Å²) >= 11 is 1.84. The molecule has 3 nitrogen and oxygen atoms in total. The van der Waals surface area contributed by atoms with E-state index in [9.17, 15) is 0 Å². The molecule has 1 unspecified atom stereocenters. The lowest BCUT2D eigenvalue weighted by Crippen LogP contribution is -2.16. The first kappa shape index (κ1) is 15.2. The van der Waals surface area contributed by atoms with Gasteiger partial charge in [-0.25, -0.2) is 0 Å². The Morgan fingerprint density at radius 2 is 2.15 bits per heavy atom. The lowest BCUT2D eigenvalue weighted by molar-refractivity contribution is 0.375. The fraction of sp³-hybridized carbons (Fsp3) is 0.562. The van der Waals surface area contributed by atoms with E-state index in [4.69, 9.17) is 4.74 Å². The summed E-state index contributed by atoms with van der Waals surface area (Å²) in [7, 11) is 1.70. The van der Waals surface area contributed by atoms with E-state index in [1.165, 1.54) is 12.0 Å². The molecule has 0 spiro atoms. The van der Waals surface area contributed by atoms with E-state index in [1.807, 2.05) is 17.8 Å². The van der Waals surface area contributed by atoms with Gasteiger partial charge in [-0.1, -0.05) is 38.6 Å². The average Bonchev–Trinajstić information content (AvgIpc) is 2.74. The summed E-state index contributed by atoms with van der Waals surface area (Å²) in [5.41, 5.74) is 2.56. The van der Waals surface area contributed by atoms with Crippen molar-refractivity contribution in [3.63, 3.8) is 0 Å². The van der Waals surface area contributed by atoms with Crippen LogP contribution in [0.5, 0.6) is 5.75 Å². The highest BCUT2D eigenvalue weighted by atomic mass is 32.2. The maximum atomic E-state index is 5.39. The van der Waals surface area contributed by atoms with Gasteiger partial charge in [0.2, 0.25) is 0 Å². The van der Waals surface area contributed by atoms with Crippen LogP contribution in [-0.4, -0.2) is 24.1 Å². The minimum atomic E-state index is 0.351. The lowest BCUT2D eigenvalue weighted by atomic mass is 9.90. The standard InChI is InChI=1S/C16H24N2OS/c1-11-6-7-14(19-5)13(8-11)18-15-17-10-12(20-15)9-16(2,3)4/h6-8,12H,9-10H2,1-5H3,(H,17,18). The van der Waals surface area contributed by atoms with Crippen LogP contribution in [0.25, 0.3) is 0 Å². The Bertz CT molecular complexity index is 506. The van der Waals surface area contributed by atoms with Crippen molar-refractivity contribution in [3.8, 4) is 5.75 Å². The smallest absolute Gasteiger partial charge is 0.161 e. The normalized spacial score (nSPS) is 18.9. The van der Waals surface area contributed by atoms with Crippen molar-refractivity contribution in [2.24, 2.45) is 10.4 Å². The third-order valence-electron chi connectivity index (χ3n) is 3.15. The van der Waals surface area contributed by atoms with Crippen LogP contribution in [0.2, 0.25) is 0 Å². The SMILES string of the molecule is COc1ccc(C)cc1NC1=NCC(CC(C)(C)C)S1. The molecule has 0 bridgehead atoms. The molecule has 1 heterocycles. The second-order valence-electron chi connectivity index (χ2n) is 6.48. The molecule has 0 aromatic heterocycles. The minimum absolute atomic E-state index is 0.351. The molecule has 1 aliphatic heterocycles. The molecule has 1 aliphatic rings. The number of nitrogens with zero attached hydrogens (tertiary/aromatic N) is 1. The largest absolute Gasteiger partial charge is 0.495 e. The zero-order valence-corrected chi connectivity index (χ0v) is 13.8. The van der Waals surface area contributed by atoms with Crippen LogP contribution >= 0.6 is 11.8 Å². The van der Waals surface area contributed by atoms with E-state index in [2.05, 4.69) is 50.1 Å².